The highest BCUT2D eigenvalue weighted by Gasteiger charge is 2.32. The van der Waals surface area contributed by atoms with E-state index in [1.54, 1.807) is 24.3 Å². The first-order valence-electron chi connectivity index (χ1n) is 7.53. The zero-order valence-electron chi connectivity index (χ0n) is 13.8. The van der Waals surface area contributed by atoms with Crippen molar-refractivity contribution >= 4 is 5.91 Å². The Morgan fingerprint density at radius 3 is 2.33 bits per heavy atom. The van der Waals surface area contributed by atoms with Gasteiger partial charge in [-0.2, -0.15) is 13.2 Å². The molecule has 140 valence electrons. The molecule has 27 heavy (non-hydrogen) atoms. The number of nitrogens with zero attached hydrogens (tertiary/aromatic N) is 1. The number of halogens is 4. The van der Waals surface area contributed by atoms with Crippen LogP contribution in [0.4, 0.5) is 17.6 Å². The van der Waals surface area contributed by atoms with Gasteiger partial charge in [-0.3, -0.25) is 4.79 Å². The van der Waals surface area contributed by atoms with Gasteiger partial charge in [0, 0.05) is 5.56 Å². The Kier molecular flexibility index (Phi) is 4.61. The van der Waals surface area contributed by atoms with Gasteiger partial charge >= 0.3 is 6.18 Å². The van der Waals surface area contributed by atoms with Crippen molar-refractivity contribution in [3.8, 4) is 28.5 Å². The van der Waals surface area contributed by atoms with Crippen LogP contribution in [0.3, 0.4) is 0 Å². The molecule has 0 spiro atoms. The molecule has 0 aliphatic heterocycles. The van der Waals surface area contributed by atoms with Crippen LogP contribution in [0.25, 0.3) is 22.8 Å². The fourth-order valence-electron chi connectivity index (χ4n) is 2.41. The minimum Gasteiger partial charge on any atom is -0.497 e. The Morgan fingerprint density at radius 2 is 1.81 bits per heavy atom. The molecule has 2 N–H and O–H groups in total. The zero-order valence-corrected chi connectivity index (χ0v) is 13.8. The highest BCUT2D eigenvalue weighted by molar-refractivity contribution is 5.97. The second-order valence-corrected chi connectivity index (χ2v) is 5.48. The molecular formula is C18H12F4N2O3. The molecular weight excluding hydrogens is 368 g/mol. The predicted octanol–water partition coefficient (Wildman–Crippen LogP) is 4.27. The van der Waals surface area contributed by atoms with Crippen LogP contribution in [0.15, 0.2) is 46.9 Å². The van der Waals surface area contributed by atoms with Crippen molar-refractivity contribution in [2.45, 2.75) is 6.18 Å². The third-order valence-corrected chi connectivity index (χ3v) is 3.74. The van der Waals surface area contributed by atoms with Crippen LogP contribution in [0.1, 0.15) is 16.1 Å². The first kappa shape index (κ1) is 18.4. The molecule has 0 aliphatic rings. The molecule has 0 aliphatic carbocycles. The fourth-order valence-corrected chi connectivity index (χ4v) is 2.41. The molecule has 2 aromatic carbocycles. The summed E-state index contributed by atoms with van der Waals surface area (Å²) in [6, 6.07) is 8.24. The van der Waals surface area contributed by atoms with E-state index in [1.165, 1.54) is 7.11 Å². The smallest absolute Gasteiger partial charge is 0.416 e. The summed E-state index contributed by atoms with van der Waals surface area (Å²) in [7, 11) is 1.48. The Morgan fingerprint density at radius 1 is 1.15 bits per heavy atom. The number of amides is 1. The van der Waals surface area contributed by atoms with Crippen LogP contribution >= 0.6 is 0 Å². The maximum atomic E-state index is 14.2. The van der Waals surface area contributed by atoms with Gasteiger partial charge in [-0.15, -0.1) is 0 Å². The van der Waals surface area contributed by atoms with Gasteiger partial charge < -0.3 is 14.9 Å². The molecule has 5 nitrogen and oxygen atoms in total. The number of carbonyl (C=O) groups excluding carboxylic acids is 1. The molecule has 0 unspecified atom stereocenters. The van der Waals surface area contributed by atoms with Crippen LogP contribution in [-0.4, -0.2) is 18.0 Å². The second kappa shape index (κ2) is 6.75. The van der Waals surface area contributed by atoms with E-state index < -0.39 is 23.5 Å². The molecule has 0 radical (unpaired) electrons. The standard InChI is InChI=1S/C18H12F4N2O3/c1-26-11-5-2-9(3-6-11)15-14(16(23)25)24-17(27-15)12-7-4-10(8-13(12)19)18(20,21)22/h2-8H,1H3,(H2,23,25). The van der Waals surface area contributed by atoms with E-state index in [4.69, 9.17) is 14.9 Å². The summed E-state index contributed by atoms with van der Waals surface area (Å²) in [6.45, 7) is 0. The summed E-state index contributed by atoms with van der Waals surface area (Å²) >= 11 is 0. The normalized spacial score (nSPS) is 11.4. The van der Waals surface area contributed by atoms with Crippen LogP contribution in [0.5, 0.6) is 5.75 Å². The summed E-state index contributed by atoms with van der Waals surface area (Å²) in [5, 5.41) is 0. The van der Waals surface area contributed by atoms with Crippen molar-refractivity contribution < 1.29 is 31.5 Å². The monoisotopic (exact) mass is 380 g/mol. The quantitative estimate of drug-likeness (QED) is 0.686. The van der Waals surface area contributed by atoms with E-state index >= 15 is 0 Å². The molecule has 1 amide bonds. The Bertz CT molecular complexity index is 995. The number of ether oxygens (including phenoxy) is 1. The third-order valence-electron chi connectivity index (χ3n) is 3.74. The molecule has 0 saturated carbocycles. The van der Waals surface area contributed by atoms with Crippen LogP contribution < -0.4 is 10.5 Å². The van der Waals surface area contributed by atoms with Crippen molar-refractivity contribution in [1.29, 1.82) is 0 Å². The summed E-state index contributed by atoms with van der Waals surface area (Å²) in [5.74, 6) is -1.96. The van der Waals surface area contributed by atoms with E-state index in [2.05, 4.69) is 4.98 Å². The van der Waals surface area contributed by atoms with E-state index in [9.17, 15) is 22.4 Å². The number of methoxy groups -OCH3 is 1. The minimum absolute atomic E-state index is 0.0283. The van der Waals surface area contributed by atoms with Gasteiger partial charge in [-0.25, -0.2) is 9.37 Å². The van der Waals surface area contributed by atoms with Gasteiger partial charge in [0.15, 0.2) is 11.5 Å². The summed E-state index contributed by atoms with van der Waals surface area (Å²) in [5.41, 5.74) is 3.95. The minimum atomic E-state index is -4.69. The van der Waals surface area contributed by atoms with Crippen LogP contribution in [-0.2, 0) is 6.18 Å². The van der Waals surface area contributed by atoms with Gasteiger partial charge in [0.2, 0.25) is 5.89 Å². The number of rotatable bonds is 4. The maximum absolute atomic E-state index is 14.2. The van der Waals surface area contributed by atoms with Crippen molar-refractivity contribution in [3.63, 3.8) is 0 Å². The summed E-state index contributed by atoms with van der Waals surface area (Å²) < 4.78 is 62.7. The lowest BCUT2D eigenvalue weighted by Crippen LogP contribution is -2.12. The number of carbonyl (C=O) groups is 1. The number of nitrogens with two attached hydrogens (primary N) is 1. The summed E-state index contributed by atoms with van der Waals surface area (Å²) in [4.78, 5) is 15.5. The number of aromatic nitrogens is 1. The predicted molar refractivity (Wildman–Crippen MR) is 87.4 cm³/mol. The highest BCUT2D eigenvalue weighted by atomic mass is 19.4. The number of benzene rings is 2. The first-order valence-corrected chi connectivity index (χ1v) is 7.53. The van der Waals surface area contributed by atoms with Crippen molar-refractivity contribution in [2.24, 2.45) is 5.73 Å². The lowest BCUT2D eigenvalue weighted by molar-refractivity contribution is -0.137. The van der Waals surface area contributed by atoms with Gasteiger partial charge in [0.25, 0.3) is 5.91 Å². The van der Waals surface area contributed by atoms with Crippen LogP contribution in [0.2, 0.25) is 0 Å². The number of alkyl halides is 3. The first-order chi connectivity index (χ1) is 12.7. The second-order valence-electron chi connectivity index (χ2n) is 5.48. The van der Waals surface area contributed by atoms with Gasteiger partial charge in [-0.1, -0.05) is 0 Å². The lowest BCUT2D eigenvalue weighted by Gasteiger charge is -2.07. The van der Waals surface area contributed by atoms with Gasteiger partial charge in [-0.05, 0) is 42.5 Å². The van der Waals surface area contributed by atoms with Crippen molar-refractivity contribution in [1.82, 2.24) is 4.98 Å². The number of primary amides is 1. The number of oxazole rings is 1. The maximum Gasteiger partial charge on any atom is 0.416 e. The highest BCUT2D eigenvalue weighted by Crippen LogP contribution is 2.35. The molecule has 0 fully saturated rings. The van der Waals surface area contributed by atoms with Crippen LogP contribution in [0, 0.1) is 5.82 Å². The molecule has 0 atom stereocenters. The number of hydrogen-bond donors (Lipinski definition) is 1. The van der Waals surface area contributed by atoms with E-state index in [0.717, 1.165) is 6.07 Å². The van der Waals surface area contributed by atoms with E-state index in [-0.39, 0.29) is 22.9 Å². The molecule has 3 aromatic rings. The Hall–Kier alpha value is -3.36. The average Bonchev–Trinajstić information content (AvgIpc) is 3.06. The molecule has 1 aromatic heterocycles. The molecule has 0 saturated heterocycles. The van der Waals surface area contributed by atoms with Crippen molar-refractivity contribution in [3.05, 3.63) is 59.5 Å². The molecule has 3 rings (SSSR count). The molecule has 0 bridgehead atoms. The molecule has 1 heterocycles. The zero-order chi connectivity index (χ0) is 19.8. The number of hydrogen-bond acceptors (Lipinski definition) is 4. The SMILES string of the molecule is COc1ccc(-c2oc(-c3ccc(C(F)(F)F)cc3F)nc2C(N)=O)cc1. The van der Waals surface area contributed by atoms with Crippen molar-refractivity contribution in [2.75, 3.05) is 7.11 Å². The van der Waals surface area contributed by atoms with E-state index in [1.807, 2.05) is 0 Å². The average molecular weight is 380 g/mol. The van der Waals surface area contributed by atoms with E-state index in [0.29, 0.717) is 23.4 Å². The fraction of sp³-hybridized carbons (Fsp3) is 0.111. The summed E-state index contributed by atoms with van der Waals surface area (Å²) in [6.07, 6.45) is -4.69. The molecule has 9 heteroatoms. The largest absolute Gasteiger partial charge is 0.497 e. The third kappa shape index (κ3) is 3.62. The van der Waals surface area contributed by atoms with Gasteiger partial charge in [0.05, 0.1) is 18.2 Å². The lowest BCUT2D eigenvalue weighted by atomic mass is 10.1. The van der Waals surface area contributed by atoms with Gasteiger partial charge in [0.1, 0.15) is 11.6 Å². The Labute approximate surface area is 150 Å². The Balaban J connectivity index is 2.09. The topological polar surface area (TPSA) is 78.3 Å².